The highest BCUT2D eigenvalue weighted by Crippen LogP contribution is 2.50. The van der Waals surface area contributed by atoms with Crippen molar-refractivity contribution in [1.82, 2.24) is 0 Å². The molecule has 1 aliphatic rings. The molecule has 0 saturated heterocycles. The van der Waals surface area contributed by atoms with E-state index in [0.717, 1.165) is 39.0 Å². The molecule has 10 rings (SSSR count). The summed E-state index contributed by atoms with van der Waals surface area (Å²) in [4.78, 5) is 2.50. The molecule has 0 N–H and O–H groups in total. The number of rotatable bonds is 6. The van der Waals surface area contributed by atoms with E-state index in [1.807, 2.05) is 0 Å². The molecule has 2 nitrogen and oxygen atoms in total. The standard InChI is InChI=1S/C50H39NO/c1-2-16-35(17-3-1)38-26-13-20-36-21-14-28-42(49(36)38)41-24-7-10-30-45(41)51(46-31-15-33-48-50(46)43-25-8-11-32-47(43)52-48)44-29-9-6-23-40(44)39-27-12-19-34-18-4-5-22-37(34)39/h4-15,18-33,35H,1-3,16-17H2. The van der Waals surface area contributed by atoms with Crippen LogP contribution in [0.4, 0.5) is 17.1 Å². The molecule has 1 saturated carbocycles. The second kappa shape index (κ2) is 12.9. The van der Waals surface area contributed by atoms with Gasteiger partial charge in [0.2, 0.25) is 0 Å². The molecule has 0 spiro atoms. The number of furan rings is 1. The lowest BCUT2D eigenvalue weighted by molar-refractivity contribution is 0.445. The van der Waals surface area contributed by atoms with Crippen LogP contribution in [0, 0.1) is 0 Å². The van der Waals surface area contributed by atoms with Gasteiger partial charge in [-0.2, -0.15) is 0 Å². The van der Waals surface area contributed by atoms with Gasteiger partial charge in [0.25, 0.3) is 0 Å². The number of fused-ring (bicyclic) bond motifs is 5. The fourth-order valence-corrected chi connectivity index (χ4v) is 8.93. The van der Waals surface area contributed by atoms with Gasteiger partial charge in [0, 0.05) is 16.5 Å². The maximum absolute atomic E-state index is 6.52. The van der Waals surface area contributed by atoms with Crippen LogP contribution in [0.2, 0.25) is 0 Å². The zero-order chi connectivity index (χ0) is 34.4. The quantitative estimate of drug-likeness (QED) is 0.175. The van der Waals surface area contributed by atoms with Crippen LogP contribution < -0.4 is 4.90 Å². The van der Waals surface area contributed by atoms with E-state index in [1.165, 1.54) is 81.5 Å². The maximum atomic E-state index is 6.52. The molecule has 0 aliphatic heterocycles. The molecule has 0 amide bonds. The third-order valence-electron chi connectivity index (χ3n) is 11.3. The highest BCUT2D eigenvalue weighted by Gasteiger charge is 2.26. The molecule has 0 bridgehead atoms. The van der Waals surface area contributed by atoms with E-state index in [9.17, 15) is 0 Å². The van der Waals surface area contributed by atoms with Crippen molar-refractivity contribution in [3.05, 3.63) is 175 Å². The zero-order valence-electron chi connectivity index (χ0n) is 29.1. The summed E-state index contributed by atoms with van der Waals surface area (Å²) in [7, 11) is 0. The van der Waals surface area contributed by atoms with Crippen LogP contribution in [-0.2, 0) is 0 Å². The van der Waals surface area contributed by atoms with E-state index in [0.29, 0.717) is 5.92 Å². The van der Waals surface area contributed by atoms with E-state index in [4.69, 9.17) is 4.42 Å². The predicted octanol–water partition coefficient (Wildman–Crippen LogP) is 14.7. The van der Waals surface area contributed by atoms with Crippen molar-refractivity contribution in [3.8, 4) is 22.3 Å². The molecular formula is C50H39NO. The Labute approximate surface area is 304 Å². The van der Waals surface area contributed by atoms with Crippen LogP contribution in [0.25, 0.3) is 65.7 Å². The molecule has 8 aromatic carbocycles. The summed E-state index contributed by atoms with van der Waals surface area (Å²) in [6.07, 6.45) is 6.48. The fourth-order valence-electron chi connectivity index (χ4n) is 8.93. The largest absolute Gasteiger partial charge is 0.456 e. The SMILES string of the molecule is c1ccc(N(c2ccccc2-c2cccc3cccc(C4CCCCC4)c23)c2cccc3oc4ccccc4c23)c(-c2cccc3ccccc23)c1. The summed E-state index contributed by atoms with van der Waals surface area (Å²) >= 11 is 0. The fraction of sp³-hybridized carbons (Fsp3) is 0.120. The second-order valence-electron chi connectivity index (χ2n) is 14.2. The number of benzene rings is 8. The van der Waals surface area contributed by atoms with Crippen molar-refractivity contribution in [1.29, 1.82) is 0 Å². The third-order valence-corrected chi connectivity index (χ3v) is 11.3. The van der Waals surface area contributed by atoms with Gasteiger partial charge in [-0.25, -0.2) is 0 Å². The average Bonchev–Trinajstić information content (AvgIpc) is 3.61. The van der Waals surface area contributed by atoms with Gasteiger partial charge < -0.3 is 9.32 Å². The Balaban J connectivity index is 1.29. The minimum absolute atomic E-state index is 0.583. The van der Waals surface area contributed by atoms with Gasteiger partial charge in [0.05, 0.1) is 22.4 Å². The number of hydrogen-bond donors (Lipinski definition) is 0. The Morgan fingerprint density at radius 2 is 0.923 bits per heavy atom. The number of hydrogen-bond acceptors (Lipinski definition) is 2. The molecule has 1 aromatic heterocycles. The van der Waals surface area contributed by atoms with Crippen molar-refractivity contribution in [2.45, 2.75) is 38.0 Å². The van der Waals surface area contributed by atoms with Crippen molar-refractivity contribution >= 4 is 60.5 Å². The number of para-hydroxylation sites is 3. The van der Waals surface area contributed by atoms with Gasteiger partial charge in [-0.15, -0.1) is 0 Å². The number of nitrogens with zero attached hydrogens (tertiary/aromatic N) is 1. The molecule has 1 heterocycles. The molecule has 0 unspecified atom stereocenters. The molecule has 52 heavy (non-hydrogen) atoms. The van der Waals surface area contributed by atoms with E-state index >= 15 is 0 Å². The maximum Gasteiger partial charge on any atom is 0.137 e. The van der Waals surface area contributed by atoms with Gasteiger partial charge in [-0.1, -0.05) is 159 Å². The Bertz CT molecular complexity index is 2740. The van der Waals surface area contributed by atoms with Crippen molar-refractivity contribution in [3.63, 3.8) is 0 Å². The lowest BCUT2D eigenvalue weighted by Crippen LogP contribution is -2.13. The van der Waals surface area contributed by atoms with Gasteiger partial charge in [-0.3, -0.25) is 0 Å². The minimum Gasteiger partial charge on any atom is -0.456 e. The zero-order valence-corrected chi connectivity index (χ0v) is 29.1. The smallest absolute Gasteiger partial charge is 0.137 e. The minimum atomic E-state index is 0.583. The normalized spacial score (nSPS) is 13.7. The molecule has 1 fully saturated rings. The Kier molecular flexibility index (Phi) is 7.61. The van der Waals surface area contributed by atoms with E-state index in [-0.39, 0.29) is 0 Å². The first-order valence-electron chi connectivity index (χ1n) is 18.7. The lowest BCUT2D eigenvalue weighted by Gasteiger charge is -2.31. The van der Waals surface area contributed by atoms with Crippen molar-refractivity contribution in [2.24, 2.45) is 0 Å². The topological polar surface area (TPSA) is 16.4 Å². The van der Waals surface area contributed by atoms with Gasteiger partial charge in [0.15, 0.2) is 0 Å². The molecule has 2 heteroatoms. The molecule has 0 radical (unpaired) electrons. The van der Waals surface area contributed by atoms with Crippen molar-refractivity contribution < 1.29 is 4.42 Å². The highest BCUT2D eigenvalue weighted by atomic mass is 16.3. The predicted molar refractivity (Wildman–Crippen MR) is 220 cm³/mol. The average molecular weight is 670 g/mol. The van der Waals surface area contributed by atoms with Gasteiger partial charge >= 0.3 is 0 Å². The monoisotopic (exact) mass is 669 g/mol. The first kappa shape index (κ1) is 30.7. The van der Waals surface area contributed by atoms with E-state index in [1.54, 1.807) is 0 Å². The summed E-state index contributed by atoms with van der Waals surface area (Å²) in [6, 6.07) is 62.0. The van der Waals surface area contributed by atoms with E-state index < -0.39 is 0 Å². The first-order valence-corrected chi connectivity index (χ1v) is 18.7. The molecule has 1 aliphatic carbocycles. The van der Waals surface area contributed by atoms with Crippen LogP contribution in [0.5, 0.6) is 0 Å². The van der Waals surface area contributed by atoms with Crippen molar-refractivity contribution in [2.75, 3.05) is 4.90 Å². The van der Waals surface area contributed by atoms with Crippen LogP contribution in [0.15, 0.2) is 174 Å². The summed E-state index contributed by atoms with van der Waals surface area (Å²) in [5.74, 6) is 0.583. The third kappa shape index (κ3) is 5.09. The summed E-state index contributed by atoms with van der Waals surface area (Å²) < 4.78 is 6.52. The molecule has 250 valence electrons. The summed E-state index contributed by atoms with van der Waals surface area (Å²) in [5.41, 5.74) is 11.5. The van der Waals surface area contributed by atoms with Crippen LogP contribution in [0.1, 0.15) is 43.6 Å². The Morgan fingerprint density at radius 3 is 1.73 bits per heavy atom. The van der Waals surface area contributed by atoms with Gasteiger partial charge in [0.1, 0.15) is 11.2 Å². The molecule has 0 atom stereocenters. The van der Waals surface area contributed by atoms with Crippen LogP contribution >= 0.6 is 0 Å². The first-order chi connectivity index (χ1) is 25.8. The van der Waals surface area contributed by atoms with Gasteiger partial charge in [-0.05, 0) is 87.3 Å². The number of anilines is 3. The molecule has 9 aromatic rings. The lowest BCUT2D eigenvalue weighted by atomic mass is 9.80. The second-order valence-corrected chi connectivity index (χ2v) is 14.2. The van der Waals surface area contributed by atoms with Crippen LogP contribution in [-0.4, -0.2) is 0 Å². The molecular weight excluding hydrogens is 631 g/mol. The van der Waals surface area contributed by atoms with Crippen LogP contribution in [0.3, 0.4) is 0 Å². The Morgan fingerprint density at radius 1 is 0.385 bits per heavy atom. The summed E-state index contributed by atoms with van der Waals surface area (Å²) in [6.45, 7) is 0. The highest BCUT2D eigenvalue weighted by molar-refractivity contribution is 6.15. The van der Waals surface area contributed by atoms with E-state index in [2.05, 4.69) is 175 Å². The summed E-state index contributed by atoms with van der Waals surface area (Å²) in [5, 5.41) is 7.39. The Hall–Kier alpha value is -6.12.